The number of aromatic nitrogens is 2. The highest BCUT2D eigenvalue weighted by atomic mass is 16.5. The lowest BCUT2D eigenvalue weighted by molar-refractivity contribution is 0.303. The van der Waals surface area contributed by atoms with Gasteiger partial charge in [-0.2, -0.15) is 0 Å². The summed E-state index contributed by atoms with van der Waals surface area (Å²) in [6.45, 7) is 0. The molecule has 2 aromatic heterocycles. The topological polar surface area (TPSA) is 53.2 Å². The van der Waals surface area contributed by atoms with Crippen LogP contribution in [0.15, 0.2) is 46.9 Å². The number of aryl methyl sites for hydroxylation is 2. The normalized spacial score (nSPS) is 21.1. The lowest BCUT2D eigenvalue weighted by atomic mass is 9.85. The maximum Gasteiger partial charge on any atom is 0.146 e. The number of allylic oxidation sites excluding steroid dienone is 1. The Kier molecular flexibility index (Phi) is 7.72. The summed E-state index contributed by atoms with van der Waals surface area (Å²) in [4.78, 5) is 12.0. The molecule has 0 unspecified atom stereocenters. The smallest absolute Gasteiger partial charge is 0.146 e. The molecule has 182 valence electrons. The Labute approximate surface area is 205 Å². The van der Waals surface area contributed by atoms with Gasteiger partial charge in [0.2, 0.25) is 0 Å². The quantitative estimate of drug-likeness (QED) is 0.396. The Balaban J connectivity index is 1.36. The number of nitrogens with zero attached hydrogens (tertiary/aromatic N) is 1. The van der Waals surface area contributed by atoms with Gasteiger partial charge >= 0.3 is 0 Å². The molecule has 2 N–H and O–H groups in total. The number of hydrogen-bond donors (Lipinski definition) is 2. The summed E-state index contributed by atoms with van der Waals surface area (Å²) in [7, 11) is 1.74. The van der Waals surface area contributed by atoms with Crippen molar-refractivity contribution in [3.63, 3.8) is 0 Å². The standard InChI is InChI=1S/C30H41N3O/c1-34-30-21-28(26-13-8-18-31-26)33-29(30)20-27-24(16-14-22-9-4-2-5-10-22)19-25(32-27)17-15-23-11-6-3-7-12-23/h8,13,18-23,31-32H,2-7,9-12,14-17H2,1H3/b29-20-. The fourth-order valence-electron chi connectivity index (χ4n) is 6.17. The van der Waals surface area contributed by atoms with Crippen molar-refractivity contribution in [1.82, 2.24) is 9.97 Å². The summed E-state index contributed by atoms with van der Waals surface area (Å²) < 4.78 is 5.70. The molecular weight excluding hydrogens is 418 g/mol. The Morgan fingerprint density at radius 3 is 2.32 bits per heavy atom. The predicted molar refractivity (Wildman–Crippen MR) is 141 cm³/mol. The van der Waals surface area contributed by atoms with Crippen LogP contribution in [-0.4, -0.2) is 22.8 Å². The van der Waals surface area contributed by atoms with Crippen LogP contribution in [0.1, 0.15) is 99.7 Å². The van der Waals surface area contributed by atoms with Crippen LogP contribution in [0.4, 0.5) is 0 Å². The van der Waals surface area contributed by atoms with E-state index in [0.29, 0.717) is 0 Å². The molecule has 3 heterocycles. The van der Waals surface area contributed by atoms with Gasteiger partial charge in [-0.1, -0.05) is 64.2 Å². The van der Waals surface area contributed by atoms with E-state index < -0.39 is 0 Å². The van der Waals surface area contributed by atoms with E-state index in [1.165, 1.54) is 94.0 Å². The molecule has 0 atom stereocenters. The summed E-state index contributed by atoms with van der Waals surface area (Å²) in [6, 6.07) is 6.52. The molecule has 2 aromatic rings. The number of H-pyrrole nitrogens is 2. The van der Waals surface area contributed by atoms with Crippen LogP contribution in [0.3, 0.4) is 0 Å². The summed E-state index contributed by atoms with van der Waals surface area (Å²) >= 11 is 0. The van der Waals surface area contributed by atoms with Gasteiger partial charge in [0.05, 0.1) is 18.5 Å². The van der Waals surface area contributed by atoms with E-state index in [1.807, 2.05) is 18.3 Å². The second kappa shape index (κ2) is 11.3. The van der Waals surface area contributed by atoms with Crippen LogP contribution >= 0.6 is 0 Å². The van der Waals surface area contributed by atoms with E-state index in [9.17, 15) is 0 Å². The van der Waals surface area contributed by atoms with Crippen molar-refractivity contribution < 1.29 is 4.74 Å². The third-order valence-corrected chi connectivity index (χ3v) is 8.22. The fourth-order valence-corrected chi connectivity index (χ4v) is 6.17. The summed E-state index contributed by atoms with van der Waals surface area (Å²) in [5.74, 6) is 2.64. The number of methoxy groups -OCH3 is 1. The Morgan fingerprint density at radius 2 is 1.68 bits per heavy atom. The molecule has 0 saturated heterocycles. The van der Waals surface area contributed by atoms with Crippen molar-refractivity contribution in [2.75, 3.05) is 7.11 Å². The SMILES string of the molecule is COC1=CC(c2ccc[nH]2)=N/C1=C\c1[nH]c(CCC2CCCCC2)cc1CCC1CCCCC1. The van der Waals surface area contributed by atoms with Gasteiger partial charge in [0.15, 0.2) is 0 Å². The molecular formula is C30H41N3O. The monoisotopic (exact) mass is 459 g/mol. The molecule has 5 rings (SSSR count). The van der Waals surface area contributed by atoms with Gasteiger partial charge in [0.1, 0.15) is 11.5 Å². The average molecular weight is 460 g/mol. The minimum Gasteiger partial charge on any atom is -0.494 e. The molecule has 34 heavy (non-hydrogen) atoms. The van der Waals surface area contributed by atoms with Crippen LogP contribution in [0.2, 0.25) is 0 Å². The maximum atomic E-state index is 5.70. The first kappa shape index (κ1) is 23.3. The zero-order valence-corrected chi connectivity index (χ0v) is 20.9. The Morgan fingerprint density at radius 1 is 0.971 bits per heavy atom. The molecule has 4 nitrogen and oxygen atoms in total. The minimum absolute atomic E-state index is 0.834. The zero-order chi connectivity index (χ0) is 23.2. The van der Waals surface area contributed by atoms with Crippen molar-refractivity contribution in [2.45, 2.75) is 89.9 Å². The number of nitrogens with one attached hydrogen (secondary N) is 2. The molecule has 4 heteroatoms. The van der Waals surface area contributed by atoms with Crippen LogP contribution in [-0.2, 0) is 17.6 Å². The molecule has 0 spiro atoms. The highest BCUT2D eigenvalue weighted by Crippen LogP contribution is 2.31. The molecule has 0 amide bonds. The predicted octanol–water partition coefficient (Wildman–Crippen LogP) is 7.74. The van der Waals surface area contributed by atoms with Crippen molar-refractivity contribution in [3.8, 4) is 0 Å². The van der Waals surface area contributed by atoms with Crippen molar-refractivity contribution in [2.24, 2.45) is 16.8 Å². The lowest BCUT2D eigenvalue weighted by Crippen LogP contribution is -2.07. The highest BCUT2D eigenvalue weighted by molar-refractivity contribution is 6.11. The molecule has 0 bridgehead atoms. The third-order valence-electron chi connectivity index (χ3n) is 8.22. The highest BCUT2D eigenvalue weighted by Gasteiger charge is 2.20. The van der Waals surface area contributed by atoms with Gasteiger partial charge in [-0.05, 0) is 67.4 Å². The van der Waals surface area contributed by atoms with E-state index in [-0.39, 0.29) is 0 Å². The van der Waals surface area contributed by atoms with E-state index in [1.54, 1.807) is 7.11 Å². The molecule has 1 aliphatic heterocycles. The van der Waals surface area contributed by atoms with Crippen LogP contribution in [0, 0.1) is 11.8 Å². The van der Waals surface area contributed by atoms with Gasteiger partial charge in [0, 0.05) is 23.7 Å². The summed E-state index contributed by atoms with van der Waals surface area (Å²) in [6.07, 6.45) is 25.3. The number of rotatable bonds is 9. The van der Waals surface area contributed by atoms with Crippen molar-refractivity contribution in [3.05, 3.63) is 64.6 Å². The van der Waals surface area contributed by atoms with Gasteiger partial charge in [-0.25, -0.2) is 4.99 Å². The van der Waals surface area contributed by atoms with E-state index in [2.05, 4.69) is 28.2 Å². The summed E-state index contributed by atoms with van der Waals surface area (Å²) in [5, 5.41) is 0. The van der Waals surface area contributed by atoms with Crippen LogP contribution < -0.4 is 0 Å². The first-order valence-corrected chi connectivity index (χ1v) is 13.7. The van der Waals surface area contributed by atoms with Gasteiger partial charge in [0.25, 0.3) is 0 Å². The molecule has 2 saturated carbocycles. The maximum absolute atomic E-state index is 5.70. The van der Waals surface area contributed by atoms with Gasteiger partial charge in [-0.15, -0.1) is 0 Å². The second-order valence-corrected chi connectivity index (χ2v) is 10.6. The second-order valence-electron chi connectivity index (χ2n) is 10.6. The first-order valence-electron chi connectivity index (χ1n) is 13.7. The minimum atomic E-state index is 0.834. The molecule has 0 radical (unpaired) electrons. The van der Waals surface area contributed by atoms with Gasteiger partial charge in [-0.3, -0.25) is 0 Å². The number of hydrogen-bond acceptors (Lipinski definition) is 2. The molecule has 2 fully saturated rings. The van der Waals surface area contributed by atoms with E-state index in [4.69, 9.17) is 9.73 Å². The van der Waals surface area contributed by atoms with Crippen LogP contribution in [0.25, 0.3) is 6.08 Å². The Bertz CT molecular complexity index is 1010. The van der Waals surface area contributed by atoms with Crippen LogP contribution in [0.5, 0.6) is 0 Å². The number of ether oxygens (including phenoxy) is 1. The first-order chi connectivity index (χ1) is 16.8. The van der Waals surface area contributed by atoms with Crippen molar-refractivity contribution in [1.29, 1.82) is 0 Å². The molecule has 0 aromatic carbocycles. The van der Waals surface area contributed by atoms with Gasteiger partial charge < -0.3 is 14.7 Å². The number of aromatic amines is 2. The summed E-state index contributed by atoms with van der Waals surface area (Å²) in [5.41, 5.74) is 6.94. The molecule has 2 aliphatic carbocycles. The largest absolute Gasteiger partial charge is 0.494 e. The average Bonchev–Trinajstić information content (AvgIpc) is 3.63. The zero-order valence-electron chi connectivity index (χ0n) is 20.9. The fraction of sp³-hybridized carbons (Fsp3) is 0.567. The van der Waals surface area contributed by atoms with E-state index >= 15 is 0 Å². The molecule has 3 aliphatic rings. The van der Waals surface area contributed by atoms with E-state index in [0.717, 1.165) is 47.5 Å². The third kappa shape index (κ3) is 5.76. The number of aliphatic imine (C=N–C) groups is 1. The lowest BCUT2D eigenvalue weighted by Gasteiger charge is -2.21. The van der Waals surface area contributed by atoms with Crippen molar-refractivity contribution >= 4 is 11.8 Å². The Hall–Kier alpha value is -2.49.